The van der Waals surface area contributed by atoms with Crippen molar-refractivity contribution in [2.75, 3.05) is 53.5 Å². The summed E-state index contributed by atoms with van der Waals surface area (Å²) in [5.41, 5.74) is 2.02. The Morgan fingerprint density at radius 2 is 2.14 bits per heavy atom. The highest BCUT2D eigenvalue weighted by Crippen LogP contribution is 2.19. The van der Waals surface area contributed by atoms with Crippen LogP contribution >= 0.6 is 0 Å². The van der Waals surface area contributed by atoms with Gasteiger partial charge in [-0.2, -0.15) is 0 Å². The molecular formula is C21H32FN5O. The predicted octanol–water partition coefficient (Wildman–Crippen LogP) is 2.37. The molecule has 0 aliphatic carbocycles. The second kappa shape index (κ2) is 10.4. The van der Waals surface area contributed by atoms with E-state index in [0.717, 1.165) is 62.6 Å². The Morgan fingerprint density at radius 1 is 1.32 bits per heavy atom. The number of aromatic amines is 1. The number of hydrogen-bond acceptors (Lipinski definition) is 3. The normalized spacial score (nSPS) is 16.6. The SMILES string of the molecule is CN=C(NCCc1c[nH]c2cc(F)ccc12)NCC1CCN(CCOC)CC1. The summed E-state index contributed by atoms with van der Waals surface area (Å²) >= 11 is 0. The summed E-state index contributed by atoms with van der Waals surface area (Å²) in [6, 6.07) is 4.88. The van der Waals surface area contributed by atoms with Gasteiger partial charge < -0.3 is 25.3 Å². The van der Waals surface area contributed by atoms with E-state index >= 15 is 0 Å². The van der Waals surface area contributed by atoms with Gasteiger partial charge in [-0.3, -0.25) is 4.99 Å². The fraction of sp³-hybridized carbons (Fsp3) is 0.571. The van der Waals surface area contributed by atoms with Gasteiger partial charge in [0.25, 0.3) is 0 Å². The lowest BCUT2D eigenvalue weighted by Gasteiger charge is -2.32. The highest BCUT2D eigenvalue weighted by molar-refractivity contribution is 5.83. The Hall–Kier alpha value is -2.12. The molecule has 28 heavy (non-hydrogen) atoms. The number of ether oxygens (including phenoxy) is 1. The maximum atomic E-state index is 13.3. The zero-order valence-electron chi connectivity index (χ0n) is 16.9. The van der Waals surface area contributed by atoms with Crippen molar-refractivity contribution in [1.82, 2.24) is 20.5 Å². The molecule has 0 atom stereocenters. The van der Waals surface area contributed by atoms with E-state index in [1.807, 2.05) is 12.3 Å². The minimum Gasteiger partial charge on any atom is -0.383 e. The Bertz CT molecular complexity index is 767. The van der Waals surface area contributed by atoms with Crippen LogP contribution in [0.1, 0.15) is 18.4 Å². The van der Waals surface area contributed by atoms with Crippen molar-refractivity contribution in [3.8, 4) is 0 Å². The summed E-state index contributed by atoms with van der Waals surface area (Å²) in [5.74, 6) is 1.31. The van der Waals surface area contributed by atoms with Crippen molar-refractivity contribution in [3.63, 3.8) is 0 Å². The van der Waals surface area contributed by atoms with Gasteiger partial charge in [-0.05, 0) is 62.0 Å². The van der Waals surface area contributed by atoms with Gasteiger partial charge >= 0.3 is 0 Å². The first-order chi connectivity index (χ1) is 13.7. The van der Waals surface area contributed by atoms with E-state index in [-0.39, 0.29) is 5.82 Å². The van der Waals surface area contributed by atoms with Crippen molar-refractivity contribution in [2.45, 2.75) is 19.3 Å². The van der Waals surface area contributed by atoms with Crippen LogP contribution in [-0.2, 0) is 11.2 Å². The van der Waals surface area contributed by atoms with Crippen molar-refractivity contribution in [2.24, 2.45) is 10.9 Å². The van der Waals surface area contributed by atoms with Gasteiger partial charge in [0.05, 0.1) is 6.61 Å². The van der Waals surface area contributed by atoms with E-state index in [2.05, 4.69) is 25.5 Å². The molecule has 1 fully saturated rings. The molecule has 7 heteroatoms. The molecule has 0 spiro atoms. The van der Waals surface area contributed by atoms with E-state index in [1.165, 1.54) is 30.5 Å². The number of likely N-dealkylation sites (tertiary alicyclic amines) is 1. The molecule has 0 saturated carbocycles. The number of H-pyrrole nitrogens is 1. The zero-order valence-corrected chi connectivity index (χ0v) is 16.9. The van der Waals surface area contributed by atoms with Crippen molar-refractivity contribution in [3.05, 3.63) is 35.8 Å². The third-order valence-corrected chi connectivity index (χ3v) is 5.52. The molecule has 1 saturated heterocycles. The number of hydrogen-bond donors (Lipinski definition) is 3. The molecule has 1 aromatic carbocycles. The van der Waals surface area contributed by atoms with Crippen LogP contribution in [0.3, 0.4) is 0 Å². The maximum Gasteiger partial charge on any atom is 0.190 e. The number of nitrogens with one attached hydrogen (secondary N) is 3. The van der Waals surface area contributed by atoms with Gasteiger partial charge in [0, 0.05) is 50.9 Å². The highest BCUT2D eigenvalue weighted by atomic mass is 19.1. The van der Waals surface area contributed by atoms with E-state index in [9.17, 15) is 4.39 Å². The summed E-state index contributed by atoms with van der Waals surface area (Å²) in [4.78, 5) is 9.94. The number of rotatable bonds is 8. The molecule has 1 aliphatic rings. The van der Waals surface area contributed by atoms with Crippen molar-refractivity contribution >= 4 is 16.9 Å². The molecule has 3 rings (SSSR count). The largest absolute Gasteiger partial charge is 0.383 e. The third kappa shape index (κ3) is 5.69. The third-order valence-electron chi connectivity index (χ3n) is 5.52. The number of aromatic nitrogens is 1. The van der Waals surface area contributed by atoms with Crippen LogP contribution in [0, 0.1) is 11.7 Å². The van der Waals surface area contributed by atoms with Gasteiger partial charge in [0.15, 0.2) is 5.96 Å². The van der Waals surface area contributed by atoms with Crippen molar-refractivity contribution < 1.29 is 9.13 Å². The average molecular weight is 390 g/mol. The van der Waals surface area contributed by atoms with E-state index < -0.39 is 0 Å². The first-order valence-electron chi connectivity index (χ1n) is 10.1. The Morgan fingerprint density at radius 3 is 2.89 bits per heavy atom. The van der Waals surface area contributed by atoms with Crippen LogP contribution in [0.4, 0.5) is 4.39 Å². The molecule has 1 aliphatic heterocycles. The van der Waals surface area contributed by atoms with Gasteiger partial charge in [-0.15, -0.1) is 0 Å². The first kappa shape index (κ1) is 20.6. The van der Waals surface area contributed by atoms with Crippen LogP contribution < -0.4 is 10.6 Å². The minimum atomic E-state index is -0.215. The van der Waals surface area contributed by atoms with E-state index in [4.69, 9.17) is 4.74 Å². The standard InChI is InChI=1S/C21H32FN5O/c1-23-21(26-14-16-6-9-27(10-7-16)11-12-28-2)24-8-5-17-15-25-20-13-18(22)3-4-19(17)20/h3-4,13,15-16,25H,5-12,14H2,1-2H3,(H2,23,24,26). The van der Waals surface area contributed by atoms with Gasteiger partial charge in [0.1, 0.15) is 5.82 Å². The molecule has 2 aromatic rings. The van der Waals surface area contributed by atoms with E-state index in [0.29, 0.717) is 5.92 Å². The topological polar surface area (TPSA) is 64.7 Å². The molecule has 2 heterocycles. The Kier molecular flexibility index (Phi) is 7.68. The molecule has 0 radical (unpaired) electrons. The number of piperidine rings is 1. The summed E-state index contributed by atoms with van der Waals surface area (Å²) < 4.78 is 18.5. The molecule has 3 N–H and O–H groups in total. The Balaban J connectivity index is 1.38. The fourth-order valence-electron chi connectivity index (χ4n) is 3.78. The molecular weight excluding hydrogens is 357 g/mol. The molecule has 0 amide bonds. The number of benzene rings is 1. The summed E-state index contributed by atoms with van der Waals surface area (Å²) in [6.45, 7) is 5.85. The van der Waals surface area contributed by atoms with Crippen LogP contribution in [0.25, 0.3) is 10.9 Å². The molecule has 0 unspecified atom stereocenters. The lowest BCUT2D eigenvalue weighted by molar-refractivity contribution is 0.121. The highest BCUT2D eigenvalue weighted by Gasteiger charge is 2.19. The predicted molar refractivity (Wildman–Crippen MR) is 112 cm³/mol. The summed E-state index contributed by atoms with van der Waals surface area (Å²) in [7, 11) is 3.56. The average Bonchev–Trinajstić information content (AvgIpc) is 3.11. The zero-order chi connectivity index (χ0) is 19.8. The minimum absolute atomic E-state index is 0.215. The van der Waals surface area contributed by atoms with Gasteiger partial charge in [0.2, 0.25) is 0 Å². The number of fused-ring (bicyclic) bond motifs is 1. The van der Waals surface area contributed by atoms with Gasteiger partial charge in [-0.1, -0.05) is 0 Å². The second-order valence-corrected chi connectivity index (χ2v) is 7.41. The quantitative estimate of drug-likeness (QED) is 0.479. The molecule has 0 bridgehead atoms. The summed E-state index contributed by atoms with van der Waals surface area (Å²) in [6.07, 6.45) is 5.22. The lowest BCUT2D eigenvalue weighted by Crippen LogP contribution is -2.43. The van der Waals surface area contributed by atoms with Crippen molar-refractivity contribution in [1.29, 1.82) is 0 Å². The fourth-order valence-corrected chi connectivity index (χ4v) is 3.78. The monoisotopic (exact) mass is 389 g/mol. The lowest BCUT2D eigenvalue weighted by atomic mass is 9.97. The number of nitrogens with zero attached hydrogens (tertiary/aromatic N) is 2. The molecule has 6 nitrogen and oxygen atoms in total. The smallest absolute Gasteiger partial charge is 0.190 e. The van der Waals surface area contributed by atoms with E-state index in [1.54, 1.807) is 14.2 Å². The van der Waals surface area contributed by atoms with Crippen LogP contribution in [0.2, 0.25) is 0 Å². The van der Waals surface area contributed by atoms with Crippen LogP contribution in [0.5, 0.6) is 0 Å². The molecule has 154 valence electrons. The molecule has 1 aromatic heterocycles. The maximum absolute atomic E-state index is 13.3. The number of methoxy groups -OCH3 is 1. The number of guanidine groups is 1. The summed E-state index contributed by atoms with van der Waals surface area (Å²) in [5, 5.41) is 7.92. The van der Waals surface area contributed by atoms with Crippen LogP contribution in [0.15, 0.2) is 29.4 Å². The number of aliphatic imine (C=N–C) groups is 1. The first-order valence-corrected chi connectivity index (χ1v) is 10.1. The van der Waals surface area contributed by atoms with Gasteiger partial charge in [-0.25, -0.2) is 4.39 Å². The second-order valence-electron chi connectivity index (χ2n) is 7.41. The van der Waals surface area contributed by atoms with Crippen LogP contribution in [-0.4, -0.2) is 69.3 Å². The number of halogens is 1. The Labute approximate surface area is 166 Å².